The van der Waals surface area contributed by atoms with Gasteiger partial charge in [-0.3, -0.25) is 9.59 Å². The molecule has 0 saturated carbocycles. The Kier molecular flexibility index (Phi) is 10.8. The molecule has 8 nitrogen and oxygen atoms in total. The van der Waals surface area contributed by atoms with Crippen LogP contribution in [0, 0.1) is 5.41 Å². The van der Waals surface area contributed by atoms with Crippen molar-refractivity contribution in [1.82, 2.24) is 15.5 Å². The van der Waals surface area contributed by atoms with Crippen molar-refractivity contribution in [2.45, 2.75) is 58.7 Å². The number of halogens is 1. The van der Waals surface area contributed by atoms with E-state index >= 15 is 0 Å². The van der Waals surface area contributed by atoms with Crippen molar-refractivity contribution in [3.05, 3.63) is 34.9 Å². The van der Waals surface area contributed by atoms with E-state index in [2.05, 4.69) is 10.6 Å². The number of hydrogen-bond donors (Lipinski definition) is 3. The minimum Gasteiger partial charge on any atom is -0.445 e. The van der Waals surface area contributed by atoms with Crippen LogP contribution in [0.4, 0.5) is 4.79 Å². The molecule has 0 aliphatic heterocycles. The van der Waals surface area contributed by atoms with Gasteiger partial charge < -0.3 is 25.4 Å². The molecule has 0 heterocycles. The monoisotopic (exact) mass is 455 g/mol. The molecule has 174 valence electrons. The number of benzene rings is 1. The maximum atomic E-state index is 12.8. The number of carbonyl (C=O) groups is 3. The summed E-state index contributed by atoms with van der Waals surface area (Å²) in [5.41, 5.74) is 0.475. The Morgan fingerprint density at radius 3 is 2.42 bits per heavy atom. The van der Waals surface area contributed by atoms with Crippen LogP contribution >= 0.6 is 11.6 Å². The lowest BCUT2D eigenvalue weighted by Crippen LogP contribution is -2.52. The molecule has 1 rings (SSSR count). The highest BCUT2D eigenvalue weighted by Gasteiger charge is 2.28. The summed E-state index contributed by atoms with van der Waals surface area (Å²) in [6.45, 7) is 5.55. The predicted molar refractivity (Wildman–Crippen MR) is 120 cm³/mol. The average molecular weight is 456 g/mol. The van der Waals surface area contributed by atoms with Gasteiger partial charge >= 0.3 is 6.09 Å². The molecule has 0 radical (unpaired) electrons. The van der Waals surface area contributed by atoms with Crippen LogP contribution < -0.4 is 10.6 Å². The zero-order valence-electron chi connectivity index (χ0n) is 18.9. The summed E-state index contributed by atoms with van der Waals surface area (Å²) >= 11 is 5.93. The van der Waals surface area contributed by atoms with Crippen LogP contribution in [-0.4, -0.2) is 60.7 Å². The van der Waals surface area contributed by atoms with Gasteiger partial charge in [-0.1, -0.05) is 44.5 Å². The van der Waals surface area contributed by atoms with Gasteiger partial charge in [-0.25, -0.2) is 4.79 Å². The first-order valence-electron chi connectivity index (χ1n) is 10.2. The fourth-order valence-corrected chi connectivity index (χ4v) is 3.03. The highest BCUT2D eigenvalue weighted by molar-refractivity contribution is 6.30. The number of alkyl carbamates (subject to hydrolysis) is 1. The largest absolute Gasteiger partial charge is 0.445 e. The molecule has 1 aromatic rings. The maximum Gasteiger partial charge on any atom is 0.408 e. The third-order valence-electron chi connectivity index (χ3n) is 4.46. The van der Waals surface area contributed by atoms with E-state index in [1.807, 2.05) is 20.8 Å². The molecule has 0 aliphatic carbocycles. The summed E-state index contributed by atoms with van der Waals surface area (Å²) in [6, 6.07) is 5.49. The van der Waals surface area contributed by atoms with E-state index in [-0.39, 0.29) is 31.0 Å². The van der Waals surface area contributed by atoms with Gasteiger partial charge in [-0.2, -0.15) is 0 Å². The van der Waals surface area contributed by atoms with Crippen molar-refractivity contribution in [3.8, 4) is 0 Å². The van der Waals surface area contributed by atoms with Crippen LogP contribution in [0.1, 0.15) is 45.6 Å². The van der Waals surface area contributed by atoms with E-state index in [4.69, 9.17) is 16.3 Å². The van der Waals surface area contributed by atoms with Crippen molar-refractivity contribution in [3.63, 3.8) is 0 Å². The normalized spacial score (nSPS) is 13.1. The van der Waals surface area contributed by atoms with E-state index in [1.54, 1.807) is 38.4 Å². The van der Waals surface area contributed by atoms with Gasteiger partial charge in [0.25, 0.3) is 0 Å². The number of carbonyl (C=O) groups excluding carboxylic acids is 3. The quantitative estimate of drug-likeness (QED) is 0.502. The van der Waals surface area contributed by atoms with Gasteiger partial charge in [0, 0.05) is 25.5 Å². The predicted octanol–water partition coefficient (Wildman–Crippen LogP) is 2.72. The summed E-state index contributed by atoms with van der Waals surface area (Å²) in [5, 5.41) is 15.5. The molecule has 0 aliphatic rings. The molecular weight excluding hydrogens is 422 g/mol. The van der Waals surface area contributed by atoms with Crippen LogP contribution in [-0.2, 0) is 20.9 Å². The first-order valence-corrected chi connectivity index (χ1v) is 10.6. The van der Waals surface area contributed by atoms with Crippen LogP contribution in [0.3, 0.4) is 0 Å². The number of hydrogen-bond acceptors (Lipinski definition) is 5. The Labute approximate surface area is 189 Å². The molecule has 0 aromatic heterocycles. The molecule has 0 spiro atoms. The van der Waals surface area contributed by atoms with E-state index in [0.29, 0.717) is 17.9 Å². The Balaban J connectivity index is 2.71. The van der Waals surface area contributed by atoms with Crippen LogP contribution in [0.25, 0.3) is 0 Å². The van der Waals surface area contributed by atoms with Crippen molar-refractivity contribution in [2.24, 2.45) is 5.41 Å². The number of aliphatic hydroxyl groups excluding tert-OH is 1. The molecule has 0 fully saturated rings. The maximum absolute atomic E-state index is 12.8. The smallest absolute Gasteiger partial charge is 0.408 e. The first kappa shape index (κ1) is 26.7. The molecular formula is C22H34ClN3O5. The second-order valence-corrected chi connectivity index (χ2v) is 9.32. The molecule has 1 unspecified atom stereocenters. The van der Waals surface area contributed by atoms with Gasteiger partial charge in [0.05, 0.1) is 12.6 Å². The Morgan fingerprint density at radius 2 is 1.87 bits per heavy atom. The van der Waals surface area contributed by atoms with Crippen molar-refractivity contribution >= 4 is 29.5 Å². The Hall–Kier alpha value is -2.32. The topological polar surface area (TPSA) is 108 Å². The van der Waals surface area contributed by atoms with Crippen molar-refractivity contribution < 1.29 is 24.2 Å². The average Bonchev–Trinajstić information content (AvgIpc) is 2.67. The number of amides is 3. The molecule has 31 heavy (non-hydrogen) atoms. The fourth-order valence-electron chi connectivity index (χ4n) is 2.81. The number of nitrogens with one attached hydrogen (secondary N) is 2. The molecule has 0 bridgehead atoms. The molecule has 2 atom stereocenters. The molecule has 3 N–H and O–H groups in total. The minimum atomic E-state index is -0.856. The lowest BCUT2D eigenvalue weighted by molar-refractivity contribution is -0.129. The standard InChI is InChI=1S/C22H34ClN3O5/c1-22(2,3)12-18(20(29)24-17(13-27)9-10-19(28)26(4)5)25-21(30)31-14-15-7-6-8-16(23)11-15/h6-8,11,17-18,27H,9-10,12-14H2,1-5H3,(H,24,29)(H,25,30)/t17-,18?/m0/s1. The fraction of sp³-hybridized carbons (Fsp3) is 0.591. The number of rotatable bonds is 10. The van der Waals surface area contributed by atoms with Crippen molar-refractivity contribution in [1.29, 1.82) is 0 Å². The van der Waals surface area contributed by atoms with Gasteiger partial charge in [-0.05, 0) is 36.0 Å². The summed E-state index contributed by atoms with van der Waals surface area (Å²) < 4.78 is 5.23. The van der Waals surface area contributed by atoms with Crippen LogP contribution in [0.15, 0.2) is 24.3 Å². The summed E-state index contributed by atoms with van der Waals surface area (Å²) in [7, 11) is 3.29. The zero-order chi connectivity index (χ0) is 23.6. The van der Waals surface area contributed by atoms with Gasteiger partial charge in [-0.15, -0.1) is 0 Å². The van der Waals surface area contributed by atoms with Gasteiger partial charge in [0.2, 0.25) is 11.8 Å². The van der Waals surface area contributed by atoms with E-state index < -0.39 is 24.1 Å². The second kappa shape index (κ2) is 12.5. The third-order valence-corrected chi connectivity index (χ3v) is 4.69. The van der Waals surface area contributed by atoms with Crippen molar-refractivity contribution in [2.75, 3.05) is 20.7 Å². The molecule has 3 amide bonds. The van der Waals surface area contributed by atoms with E-state index in [0.717, 1.165) is 5.56 Å². The summed E-state index contributed by atoms with van der Waals surface area (Å²) in [5.74, 6) is -0.535. The lowest BCUT2D eigenvalue weighted by Gasteiger charge is -2.27. The SMILES string of the molecule is CN(C)C(=O)CC[C@@H](CO)NC(=O)C(CC(C)(C)C)NC(=O)OCc1cccc(Cl)c1. The van der Waals surface area contributed by atoms with E-state index in [9.17, 15) is 19.5 Å². The van der Waals surface area contributed by atoms with Crippen LogP contribution in [0.5, 0.6) is 0 Å². The molecule has 9 heteroatoms. The Bertz CT molecular complexity index is 749. The number of aliphatic hydroxyl groups is 1. The highest BCUT2D eigenvalue weighted by atomic mass is 35.5. The molecule has 1 aromatic carbocycles. The van der Waals surface area contributed by atoms with Gasteiger partial charge in [0.1, 0.15) is 12.6 Å². The number of ether oxygens (including phenoxy) is 1. The highest BCUT2D eigenvalue weighted by Crippen LogP contribution is 2.21. The zero-order valence-corrected chi connectivity index (χ0v) is 19.7. The van der Waals surface area contributed by atoms with E-state index in [1.165, 1.54) is 4.90 Å². The Morgan fingerprint density at radius 1 is 1.19 bits per heavy atom. The number of nitrogens with zero attached hydrogens (tertiary/aromatic N) is 1. The lowest BCUT2D eigenvalue weighted by atomic mass is 9.87. The first-order chi connectivity index (χ1) is 14.4. The summed E-state index contributed by atoms with van der Waals surface area (Å²) in [6.07, 6.45) is 0.116. The van der Waals surface area contributed by atoms with Crippen LogP contribution in [0.2, 0.25) is 5.02 Å². The third kappa shape index (κ3) is 11.0. The summed E-state index contributed by atoms with van der Waals surface area (Å²) in [4.78, 5) is 38.3. The molecule has 0 saturated heterocycles. The second-order valence-electron chi connectivity index (χ2n) is 8.88. The van der Waals surface area contributed by atoms with Gasteiger partial charge in [0.15, 0.2) is 0 Å². The minimum absolute atomic E-state index is 0.0160.